The van der Waals surface area contributed by atoms with E-state index in [1.54, 1.807) is 11.3 Å². The standard InChI is InChI=1S/C13H12ClN3O2S2/c14-10-8-3-1-2-4-9(8)21-11(10)12-15-13(17-16-12)20-6-7(19)5-18/h1-4,7,18-19H,5-6H2,(H,15,16,17). The first-order valence-corrected chi connectivity index (χ1v) is 8.38. The molecule has 1 aromatic carbocycles. The minimum Gasteiger partial charge on any atom is -0.394 e. The molecular formula is C13H12ClN3O2S2. The molecule has 3 rings (SSSR count). The first kappa shape index (κ1) is 14.8. The lowest BCUT2D eigenvalue weighted by molar-refractivity contribution is 0.113. The van der Waals surface area contributed by atoms with E-state index in [2.05, 4.69) is 15.2 Å². The molecule has 0 spiro atoms. The highest BCUT2D eigenvalue weighted by Crippen LogP contribution is 2.40. The monoisotopic (exact) mass is 341 g/mol. The van der Waals surface area contributed by atoms with Crippen LogP contribution in [0.4, 0.5) is 0 Å². The van der Waals surface area contributed by atoms with Gasteiger partial charge in [-0.1, -0.05) is 41.6 Å². The van der Waals surface area contributed by atoms with Crippen molar-refractivity contribution in [3.05, 3.63) is 29.3 Å². The van der Waals surface area contributed by atoms with Gasteiger partial charge in [0.25, 0.3) is 0 Å². The van der Waals surface area contributed by atoms with Crippen LogP contribution in [0.3, 0.4) is 0 Å². The van der Waals surface area contributed by atoms with Crippen molar-refractivity contribution < 1.29 is 10.2 Å². The molecule has 0 saturated heterocycles. The van der Waals surface area contributed by atoms with Crippen LogP contribution in [0.5, 0.6) is 0 Å². The molecule has 0 aliphatic rings. The van der Waals surface area contributed by atoms with Crippen LogP contribution in [0, 0.1) is 0 Å². The smallest absolute Gasteiger partial charge is 0.208 e. The Balaban J connectivity index is 1.86. The molecule has 8 heteroatoms. The molecule has 0 bridgehead atoms. The Bertz CT molecular complexity index is 759. The van der Waals surface area contributed by atoms with Gasteiger partial charge in [0.2, 0.25) is 5.16 Å². The van der Waals surface area contributed by atoms with Crippen molar-refractivity contribution in [2.24, 2.45) is 0 Å². The molecular weight excluding hydrogens is 330 g/mol. The van der Waals surface area contributed by atoms with Crippen molar-refractivity contribution >= 4 is 44.8 Å². The molecule has 0 aliphatic carbocycles. The lowest BCUT2D eigenvalue weighted by atomic mass is 10.2. The third kappa shape index (κ3) is 3.07. The molecule has 1 atom stereocenters. The number of nitrogens with zero attached hydrogens (tertiary/aromatic N) is 2. The topological polar surface area (TPSA) is 82.0 Å². The molecule has 2 aromatic heterocycles. The third-order valence-electron chi connectivity index (χ3n) is 2.83. The van der Waals surface area contributed by atoms with E-state index in [1.807, 2.05) is 24.3 Å². The number of aromatic nitrogens is 3. The zero-order valence-electron chi connectivity index (χ0n) is 10.8. The van der Waals surface area contributed by atoms with Crippen LogP contribution >= 0.6 is 34.7 Å². The lowest BCUT2D eigenvalue weighted by Gasteiger charge is -2.02. The number of hydrogen-bond acceptors (Lipinski definition) is 6. The number of aliphatic hydroxyl groups is 2. The maximum Gasteiger partial charge on any atom is 0.208 e. The second-order valence-electron chi connectivity index (χ2n) is 4.36. The van der Waals surface area contributed by atoms with Gasteiger partial charge in [-0.15, -0.1) is 16.4 Å². The second kappa shape index (κ2) is 6.33. The Morgan fingerprint density at radius 1 is 1.38 bits per heavy atom. The van der Waals surface area contributed by atoms with Gasteiger partial charge in [-0.2, -0.15) is 0 Å². The van der Waals surface area contributed by atoms with E-state index < -0.39 is 6.10 Å². The van der Waals surface area contributed by atoms with Crippen LogP contribution in [-0.2, 0) is 0 Å². The summed E-state index contributed by atoms with van der Waals surface area (Å²) in [4.78, 5) is 5.22. The highest BCUT2D eigenvalue weighted by molar-refractivity contribution is 7.99. The fourth-order valence-corrected chi connectivity index (χ4v) is 3.98. The molecule has 0 aliphatic heterocycles. The van der Waals surface area contributed by atoms with Crippen molar-refractivity contribution in [3.63, 3.8) is 0 Å². The average molecular weight is 342 g/mol. The fourth-order valence-electron chi connectivity index (χ4n) is 1.80. The predicted octanol–water partition coefficient (Wildman–Crippen LogP) is 2.79. The van der Waals surface area contributed by atoms with E-state index in [0.29, 0.717) is 21.8 Å². The van der Waals surface area contributed by atoms with Gasteiger partial charge in [-0.25, -0.2) is 4.98 Å². The molecule has 0 fully saturated rings. The Hall–Kier alpha value is -1.12. The number of thioether (sulfide) groups is 1. The number of nitrogens with one attached hydrogen (secondary N) is 1. The highest BCUT2D eigenvalue weighted by atomic mass is 35.5. The number of fused-ring (bicyclic) bond motifs is 1. The molecule has 1 unspecified atom stereocenters. The van der Waals surface area contributed by atoms with E-state index in [4.69, 9.17) is 16.7 Å². The van der Waals surface area contributed by atoms with Crippen molar-refractivity contribution in [1.29, 1.82) is 0 Å². The molecule has 3 N–H and O–H groups in total. The number of rotatable bonds is 5. The Labute approximate surface area is 134 Å². The van der Waals surface area contributed by atoms with Crippen LogP contribution < -0.4 is 0 Å². The SMILES string of the molecule is OCC(O)CSc1n[nH]c(-c2sc3ccccc3c2Cl)n1. The van der Waals surface area contributed by atoms with Crippen LogP contribution in [-0.4, -0.2) is 43.9 Å². The second-order valence-corrected chi connectivity index (χ2v) is 6.77. The number of halogens is 1. The van der Waals surface area contributed by atoms with Gasteiger partial charge in [-0.3, -0.25) is 5.10 Å². The lowest BCUT2D eigenvalue weighted by Crippen LogP contribution is -2.14. The fraction of sp³-hybridized carbons (Fsp3) is 0.231. The summed E-state index contributed by atoms with van der Waals surface area (Å²) in [5.41, 5.74) is 0. The van der Waals surface area contributed by atoms with E-state index >= 15 is 0 Å². The van der Waals surface area contributed by atoms with E-state index in [1.165, 1.54) is 11.8 Å². The largest absolute Gasteiger partial charge is 0.394 e. The van der Waals surface area contributed by atoms with E-state index in [0.717, 1.165) is 15.0 Å². The van der Waals surface area contributed by atoms with Crippen LogP contribution in [0.1, 0.15) is 0 Å². The number of benzene rings is 1. The van der Waals surface area contributed by atoms with Crippen LogP contribution in [0.15, 0.2) is 29.4 Å². The van der Waals surface area contributed by atoms with E-state index in [9.17, 15) is 5.11 Å². The van der Waals surface area contributed by atoms with Gasteiger partial charge in [0, 0.05) is 15.8 Å². The first-order chi connectivity index (χ1) is 10.2. The number of H-pyrrole nitrogens is 1. The summed E-state index contributed by atoms with van der Waals surface area (Å²) in [5, 5.41) is 27.3. The van der Waals surface area contributed by atoms with Gasteiger partial charge in [0.1, 0.15) is 0 Å². The normalized spacial score (nSPS) is 12.9. The average Bonchev–Trinajstić information content (AvgIpc) is 3.10. The molecule has 2 heterocycles. The van der Waals surface area contributed by atoms with Crippen LogP contribution in [0.2, 0.25) is 5.02 Å². The molecule has 5 nitrogen and oxygen atoms in total. The maximum atomic E-state index is 9.33. The highest BCUT2D eigenvalue weighted by Gasteiger charge is 2.16. The van der Waals surface area contributed by atoms with Gasteiger partial charge < -0.3 is 10.2 Å². The Morgan fingerprint density at radius 2 is 2.19 bits per heavy atom. The molecule has 0 radical (unpaired) electrons. The van der Waals surface area contributed by atoms with Crippen LogP contribution in [0.25, 0.3) is 20.8 Å². The first-order valence-electron chi connectivity index (χ1n) is 6.20. The number of aromatic amines is 1. The zero-order chi connectivity index (χ0) is 14.8. The summed E-state index contributed by atoms with van der Waals surface area (Å²) < 4.78 is 1.10. The maximum absolute atomic E-state index is 9.33. The minimum absolute atomic E-state index is 0.271. The number of aliphatic hydroxyl groups excluding tert-OH is 2. The Kier molecular flexibility index (Phi) is 4.46. The molecule has 110 valence electrons. The van der Waals surface area contributed by atoms with Gasteiger partial charge in [0.15, 0.2) is 5.82 Å². The summed E-state index contributed by atoms with van der Waals surface area (Å²) in [6, 6.07) is 7.90. The number of hydrogen-bond donors (Lipinski definition) is 3. The summed E-state index contributed by atoms with van der Waals surface area (Å²) in [6.45, 7) is -0.271. The third-order valence-corrected chi connectivity index (χ3v) is 5.50. The van der Waals surface area contributed by atoms with Crippen molar-refractivity contribution in [3.8, 4) is 10.7 Å². The Morgan fingerprint density at radius 3 is 2.95 bits per heavy atom. The van der Waals surface area contributed by atoms with Gasteiger partial charge in [-0.05, 0) is 6.07 Å². The quantitative estimate of drug-likeness (QED) is 0.622. The van der Waals surface area contributed by atoms with Crippen molar-refractivity contribution in [2.45, 2.75) is 11.3 Å². The summed E-state index contributed by atoms with van der Waals surface area (Å²) >= 11 is 9.23. The van der Waals surface area contributed by atoms with E-state index in [-0.39, 0.29) is 6.61 Å². The van der Waals surface area contributed by atoms with Crippen molar-refractivity contribution in [1.82, 2.24) is 15.2 Å². The predicted molar refractivity (Wildman–Crippen MR) is 86.0 cm³/mol. The minimum atomic E-state index is -0.773. The summed E-state index contributed by atoms with van der Waals surface area (Å²) in [7, 11) is 0. The van der Waals surface area contributed by atoms with Crippen molar-refractivity contribution in [2.75, 3.05) is 12.4 Å². The molecule has 3 aromatic rings. The summed E-state index contributed by atoms with van der Waals surface area (Å²) in [6.07, 6.45) is -0.773. The van der Waals surface area contributed by atoms with Gasteiger partial charge in [0.05, 0.1) is 22.6 Å². The van der Waals surface area contributed by atoms with Gasteiger partial charge >= 0.3 is 0 Å². The molecule has 21 heavy (non-hydrogen) atoms. The number of thiophene rings is 1. The molecule has 0 saturated carbocycles. The molecule has 0 amide bonds. The zero-order valence-corrected chi connectivity index (χ0v) is 13.2. The summed E-state index contributed by atoms with van der Waals surface area (Å²) in [5.74, 6) is 0.954.